The number of fused-ring (bicyclic) bond motifs is 3. The molecule has 188 valence electrons. The van der Waals surface area contributed by atoms with Gasteiger partial charge in [-0.05, 0) is 68.5 Å². The smallest absolute Gasteiger partial charge is 0.336 e. The summed E-state index contributed by atoms with van der Waals surface area (Å²) in [5, 5.41) is 0.705. The van der Waals surface area contributed by atoms with Gasteiger partial charge in [0.25, 0.3) is 5.56 Å². The minimum atomic E-state index is -0.521. The number of piperidine rings is 1. The van der Waals surface area contributed by atoms with Crippen LogP contribution in [0.5, 0.6) is 5.75 Å². The highest BCUT2D eigenvalue weighted by molar-refractivity contribution is 6.06. The van der Waals surface area contributed by atoms with Gasteiger partial charge >= 0.3 is 5.69 Å². The molecule has 1 atom stereocenters. The summed E-state index contributed by atoms with van der Waals surface area (Å²) in [6.07, 6.45) is 3.92. The lowest BCUT2D eigenvalue weighted by Gasteiger charge is -2.35. The molecule has 1 aliphatic heterocycles. The first-order valence-corrected chi connectivity index (χ1v) is 12.5. The molecule has 0 saturated carbocycles. The molecule has 1 amide bonds. The normalized spacial score (nSPS) is 16.1. The molecule has 8 nitrogen and oxygen atoms in total. The van der Waals surface area contributed by atoms with Gasteiger partial charge in [-0.25, -0.2) is 9.36 Å². The summed E-state index contributed by atoms with van der Waals surface area (Å²) in [6.45, 7) is 4.57. The number of carbonyl (C=O) groups is 1. The van der Waals surface area contributed by atoms with Gasteiger partial charge in [0.1, 0.15) is 17.8 Å². The van der Waals surface area contributed by atoms with Crippen LogP contribution >= 0.6 is 0 Å². The zero-order valence-corrected chi connectivity index (χ0v) is 21.3. The predicted octanol–water partition coefficient (Wildman–Crippen LogP) is 3.75. The number of aryl methyl sites for hydroxylation is 2. The van der Waals surface area contributed by atoms with Gasteiger partial charge in [0.15, 0.2) is 0 Å². The molecule has 5 rings (SSSR count). The molecule has 0 aliphatic carbocycles. The molecule has 36 heavy (non-hydrogen) atoms. The van der Waals surface area contributed by atoms with Crippen LogP contribution in [-0.2, 0) is 18.4 Å². The van der Waals surface area contributed by atoms with Crippen molar-refractivity contribution in [2.24, 2.45) is 7.05 Å². The van der Waals surface area contributed by atoms with Gasteiger partial charge in [0.2, 0.25) is 5.91 Å². The molecular weight excluding hydrogens is 456 g/mol. The molecule has 0 N–H and O–H groups in total. The maximum absolute atomic E-state index is 14.0. The lowest BCUT2D eigenvalue weighted by atomic mass is 10.00. The van der Waals surface area contributed by atoms with E-state index in [9.17, 15) is 14.4 Å². The SMILES string of the molecule is CCC1CCCCN1C(=O)Cn1c(=O)n(-c2cccc(C)c2)c(=O)c2c1c1cc(OC)ccc1n2C. The second-order valence-electron chi connectivity index (χ2n) is 9.63. The molecule has 0 bridgehead atoms. The average Bonchev–Trinajstić information content (AvgIpc) is 3.18. The van der Waals surface area contributed by atoms with Crippen LogP contribution in [0.3, 0.4) is 0 Å². The summed E-state index contributed by atoms with van der Waals surface area (Å²) in [6, 6.07) is 13.0. The van der Waals surface area contributed by atoms with Gasteiger partial charge in [-0.1, -0.05) is 19.1 Å². The first kappa shape index (κ1) is 23.9. The number of rotatable bonds is 5. The van der Waals surface area contributed by atoms with Crippen molar-refractivity contribution in [3.05, 3.63) is 68.9 Å². The van der Waals surface area contributed by atoms with Crippen molar-refractivity contribution >= 4 is 27.8 Å². The van der Waals surface area contributed by atoms with Crippen LogP contribution in [0.2, 0.25) is 0 Å². The molecule has 3 heterocycles. The quantitative estimate of drug-likeness (QED) is 0.429. The standard InChI is InChI=1S/C28H32N4O4/c1-5-19-10-6-7-14-30(19)24(33)17-31-25-22-16-21(36-4)12-13-23(22)29(3)26(25)27(34)32(28(31)35)20-11-8-9-18(2)15-20/h8-9,11-13,15-16,19H,5-7,10,14,17H2,1-4H3. The number of aromatic nitrogens is 3. The van der Waals surface area contributed by atoms with Gasteiger partial charge in [-0.3, -0.25) is 14.2 Å². The summed E-state index contributed by atoms with van der Waals surface area (Å²) < 4.78 is 9.90. The lowest BCUT2D eigenvalue weighted by molar-refractivity contribution is -0.135. The molecule has 1 unspecified atom stereocenters. The van der Waals surface area contributed by atoms with Gasteiger partial charge in [-0.2, -0.15) is 0 Å². The lowest BCUT2D eigenvalue weighted by Crippen LogP contribution is -2.47. The van der Waals surface area contributed by atoms with Crippen LogP contribution in [0.1, 0.15) is 38.2 Å². The van der Waals surface area contributed by atoms with E-state index < -0.39 is 11.2 Å². The maximum atomic E-state index is 14.0. The number of amides is 1. The summed E-state index contributed by atoms with van der Waals surface area (Å²) in [5.74, 6) is 0.518. The fourth-order valence-corrected chi connectivity index (χ4v) is 5.58. The second kappa shape index (κ2) is 9.33. The van der Waals surface area contributed by atoms with Gasteiger partial charge < -0.3 is 14.2 Å². The van der Waals surface area contributed by atoms with Crippen molar-refractivity contribution in [2.45, 2.75) is 52.1 Å². The third-order valence-corrected chi connectivity index (χ3v) is 7.45. The topological polar surface area (TPSA) is 78.5 Å². The Kier molecular flexibility index (Phi) is 6.20. The Bertz CT molecular complexity index is 1590. The van der Waals surface area contributed by atoms with Crippen molar-refractivity contribution < 1.29 is 9.53 Å². The van der Waals surface area contributed by atoms with E-state index in [1.807, 2.05) is 55.3 Å². The summed E-state index contributed by atoms with van der Waals surface area (Å²) in [4.78, 5) is 43.4. The van der Waals surface area contributed by atoms with E-state index in [0.29, 0.717) is 34.4 Å². The molecule has 0 spiro atoms. The third kappa shape index (κ3) is 3.81. The summed E-state index contributed by atoms with van der Waals surface area (Å²) >= 11 is 0. The van der Waals surface area contributed by atoms with E-state index in [-0.39, 0.29) is 18.5 Å². The summed E-state index contributed by atoms with van der Waals surface area (Å²) in [5.41, 5.74) is 2.11. The molecule has 1 fully saturated rings. The second-order valence-corrected chi connectivity index (χ2v) is 9.63. The molecule has 1 aliphatic rings. The summed E-state index contributed by atoms with van der Waals surface area (Å²) in [7, 11) is 3.39. The number of nitrogens with zero attached hydrogens (tertiary/aromatic N) is 4. The Morgan fingerprint density at radius 2 is 1.89 bits per heavy atom. The Morgan fingerprint density at radius 1 is 1.08 bits per heavy atom. The number of hydrogen-bond donors (Lipinski definition) is 0. The van der Waals surface area contributed by atoms with Crippen LogP contribution in [0.15, 0.2) is 52.1 Å². The van der Waals surface area contributed by atoms with Crippen molar-refractivity contribution in [1.82, 2.24) is 18.6 Å². The highest BCUT2D eigenvalue weighted by Crippen LogP contribution is 2.29. The first-order chi connectivity index (χ1) is 17.3. The number of likely N-dealkylation sites (tertiary alicyclic amines) is 1. The largest absolute Gasteiger partial charge is 0.497 e. The minimum absolute atomic E-state index is 0.0979. The highest BCUT2D eigenvalue weighted by atomic mass is 16.5. The van der Waals surface area contributed by atoms with Crippen LogP contribution in [0.25, 0.3) is 27.6 Å². The number of ether oxygens (including phenoxy) is 1. The van der Waals surface area contributed by atoms with Crippen molar-refractivity contribution in [3.8, 4) is 11.4 Å². The fourth-order valence-electron chi connectivity index (χ4n) is 5.58. The molecule has 2 aromatic carbocycles. The van der Waals surface area contributed by atoms with E-state index in [2.05, 4.69) is 6.92 Å². The number of benzene rings is 2. The van der Waals surface area contributed by atoms with E-state index >= 15 is 0 Å². The third-order valence-electron chi connectivity index (χ3n) is 7.45. The van der Waals surface area contributed by atoms with Gasteiger partial charge in [0, 0.05) is 25.0 Å². The maximum Gasteiger partial charge on any atom is 0.336 e. The van der Waals surface area contributed by atoms with Crippen LogP contribution < -0.4 is 16.0 Å². The Balaban J connectivity index is 1.81. The Morgan fingerprint density at radius 3 is 2.61 bits per heavy atom. The zero-order valence-electron chi connectivity index (χ0n) is 21.3. The highest BCUT2D eigenvalue weighted by Gasteiger charge is 2.28. The number of methoxy groups -OCH3 is 1. The molecule has 0 radical (unpaired) electrons. The number of carbonyl (C=O) groups excluding carboxylic acids is 1. The van der Waals surface area contributed by atoms with E-state index in [1.165, 1.54) is 9.13 Å². The monoisotopic (exact) mass is 488 g/mol. The van der Waals surface area contributed by atoms with Crippen LogP contribution in [-0.4, -0.2) is 44.2 Å². The van der Waals surface area contributed by atoms with E-state index in [1.54, 1.807) is 17.7 Å². The number of hydrogen-bond acceptors (Lipinski definition) is 4. The molecule has 1 saturated heterocycles. The van der Waals surface area contributed by atoms with Crippen LogP contribution in [0, 0.1) is 6.92 Å². The molecule has 2 aromatic heterocycles. The molecule has 8 heteroatoms. The van der Waals surface area contributed by atoms with E-state index in [4.69, 9.17) is 4.74 Å². The minimum Gasteiger partial charge on any atom is -0.497 e. The Hall–Kier alpha value is -3.81. The average molecular weight is 489 g/mol. The predicted molar refractivity (Wildman–Crippen MR) is 141 cm³/mol. The van der Waals surface area contributed by atoms with Gasteiger partial charge in [-0.15, -0.1) is 0 Å². The fraction of sp³-hybridized carbons (Fsp3) is 0.393. The molecular formula is C28H32N4O4. The Labute approximate surface area is 209 Å². The van der Waals surface area contributed by atoms with Crippen LogP contribution in [0.4, 0.5) is 0 Å². The van der Waals surface area contributed by atoms with Crippen molar-refractivity contribution in [2.75, 3.05) is 13.7 Å². The van der Waals surface area contributed by atoms with Crippen molar-refractivity contribution in [3.63, 3.8) is 0 Å². The van der Waals surface area contributed by atoms with E-state index in [0.717, 1.165) is 36.8 Å². The molecule has 4 aromatic rings. The zero-order chi connectivity index (χ0) is 25.6. The first-order valence-electron chi connectivity index (χ1n) is 12.5. The van der Waals surface area contributed by atoms with Gasteiger partial charge in [0.05, 0.1) is 23.8 Å². The van der Waals surface area contributed by atoms with Crippen molar-refractivity contribution in [1.29, 1.82) is 0 Å².